The van der Waals surface area contributed by atoms with Crippen LogP contribution in [0.1, 0.15) is 20.3 Å². The van der Waals surface area contributed by atoms with Crippen molar-refractivity contribution >= 4 is 17.7 Å². The van der Waals surface area contributed by atoms with Crippen LogP contribution in [-0.2, 0) is 4.74 Å². The standard InChI is InChI=1S/C7H10ClNO2/c1-3-7(2,4-5-8)11-6(9)10/h3H2,1-2H3,(H2,9,10). The van der Waals surface area contributed by atoms with Gasteiger partial charge in [-0.05, 0) is 30.9 Å². The second-order valence-electron chi connectivity index (χ2n) is 2.22. The Kier molecular flexibility index (Phi) is 3.77. The van der Waals surface area contributed by atoms with Crippen molar-refractivity contribution in [3.05, 3.63) is 0 Å². The number of carbonyl (C=O) groups excluding carboxylic acids is 1. The van der Waals surface area contributed by atoms with E-state index >= 15 is 0 Å². The Morgan fingerprint density at radius 2 is 2.36 bits per heavy atom. The van der Waals surface area contributed by atoms with Gasteiger partial charge in [-0.1, -0.05) is 6.92 Å². The van der Waals surface area contributed by atoms with Crippen molar-refractivity contribution in [1.29, 1.82) is 0 Å². The summed E-state index contributed by atoms with van der Waals surface area (Å²) in [6.07, 6.45) is -0.288. The van der Waals surface area contributed by atoms with E-state index in [-0.39, 0.29) is 0 Å². The van der Waals surface area contributed by atoms with E-state index in [1.54, 1.807) is 6.92 Å². The van der Waals surface area contributed by atoms with Crippen LogP contribution in [0.2, 0.25) is 0 Å². The molecule has 0 bridgehead atoms. The van der Waals surface area contributed by atoms with Crippen LogP contribution in [0.25, 0.3) is 0 Å². The zero-order chi connectivity index (χ0) is 8.91. The SMILES string of the molecule is CCC(C)(C#CCl)OC(N)=O. The maximum atomic E-state index is 10.3. The smallest absolute Gasteiger partial charge is 0.406 e. The highest BCUT2D eigenvalue weighted by atomic mass is 35.5. The molecule has 0 aromatic carbocycles. The highest BCUT2D eigenvalue weighted by Gasteiger charge is 2.22. The van der Waals surface area contributed by atoms with Gasteiger partial charge in [0.15, 0.2) is 5.60 Å². The summed E-state index contributed by atoms with van der Waals surface area (Å²) >= 11 is 5.15. The van der Waals surface area contributed by atoms with E-state index in [0.717, 1.165) is 0 Å². The highest BCUT2D eigenvalue weighted by Crippen LogP contribution is 2.13. The molecular weight excluding hydrogens is 166 g/mol. The van der Waals surface area contributed by atoms with E-state index in [1.165, 1.54) is 0 Å². The summed E-state index contributed by atoms with van der Waals surface area (Å²) in [5, 5.41) is 2.15. The summed E-state index contributed by atoms with van der Waals surface area (Å²) in [6.45, 7) is 3.47. The van der Waals surface area contributed by atoms with Gasteiger partial charge in [-0.2, -0.15) is 0 Å². The molecule has 0 aromatic rings. The monoisotopic (exact) mass is 175 g/mol. The number of rotatable bonds is 2. The molecule has 0 aromatic heterocycles. The molecule has 3 nitrogen and oxygen atoms in total. The first-order valence-electron chi connectivity index (χ1n) is 3.15. The lowest BCUT2D eigenvalue weighted by atomic mass is 10.1. The van der Waals surface area contributed by atoms with Gasteiger partial charge < -0.3 is 10.5 Å². The fourth-order valence-corrected chi connectivity index (χ4v) is 0.708. The van der Waals surface area contributed by atoms with Gasteiger partial charge in [-0.15, -0.1) is 0 Å². The Labute approximate surface area is 70.8 Å². The number of amides is 1. The van der Waals surface area contributed by atoms with Crippen molar-refractivity contribution in [3.63, 3.8) is 0 Å². The quantitative estimate of drug-likeness (QED) is 0.646. The average molecular weight is 176 g/mol. The molecule has 1 atom stereocenters. The summed E-state index contributed by atoms with van der Waals surface area (Å²) < 4.78 is 4.71. The normalized spacial score (nSPS) is 14.1. The topological polar surface area (TPSA) is 52.3 Å². The fraction of sp³-hybridized carbons (Fsp3) is 0.571. The summed E-state index contributed by atoms with van der Waals surface area (Å²) in [5.41, 5.74) is 3.96. The van der Waals surface area contributed by atoms with Crippen LogP contribution in [0, 0.1) is 11.3 Å². The summed E-state index contributed by atoms with van der Waals surface area (Å²) in [4.78, 5) is 10.3. The van der Waals surface area contributed by atoms with Crippen molar-refractivity contribution in [2.24, 2.45) is 5.73 Å². The number of ether oxygens (including phenoxy) is 1. The van der Waals surface area contributed by atoms with E-state index < -0.39 is 11.7 Å². The number of nitrogens with two attached hydrogens (primary N) is 1. The molecule has 0 aliphatic rings. The third-order valence-electron chi connectivity index (χ3n) is 1.31. The van der Waals surface area contributed by atoms with Crippen molar-refractivity contribution in [2.75, 3.05) is 0 Å². The first-order chi connectivity index (χ1) is 5.04. The Balaban J connectivity index is 4.30. The molecule has 0 heterocycles. The van der Waals surface area contributed by atoms with Gasteiger partial charge in [0.05, 0.1) is 0 Å². The maximum Gasteiger partial charge on any atom is 0.406 e. The zero-order valence-electron chi connectivity index (χ0n) is 6.48. The lowest BCUT2D eigenvalue weighted by Crippen LogP contribution is -2.31. The number of primary amides is 1. The largest absolute Gasteiger partial charge is 0.430 e. The van der Waals surface area contributed by atoms with Gasteiger partial charge in [-0.25, -0.2) is 4.79 Å². The number of halogens is 1. The van der Waals surface area contributed by atoms with Gasteiger partial charge in [-0.3, -0.25) is 0 Å². The van der Waals surface area contributed by atoms with Gasteiger partial charge in [0.25, 0.3) is 0 Å². The summed E-state index contributed by atoms with van der Waals surface area (Å²) in [5.74, 6) is 2.53. The molecule has 2 N–H and O–H groups in total. The lowest BCUT2D eigenvalue weighted by molar-refractivity contribution is 0.0713. The molecule has 0 saturated heterocycles. The van der Waals surface area contributed by atoms with Crippen molar-refractivity contribution in [2.45, 2.75) is 25.9 Å². The minimum Gasteiger partial charge on any atom is -0.430 e. The van der Waals surface area contributed by atoms with Gasteiger partial charge in [0, 0.05) is 5.38 Å². The highest BCUT2D eigenvalue weighted by molar-refractivity contribution is 6.30. The molecular formula is C7H10ClNO2. The van der Waals surface area contributed by atoms with E-state index in [2.05, 4.69) is 11.3 Å². The Morgan fingerprint density at radius 3 is 2.64 bits per heavy atom. The van der Waals surface area contributed by atoms with Crippen molar-refractivity contribution < 1.29 is 9.53 Å². The minimum atomic E-state index is -0.854. The Morgan fingerprint density at radius 1 is 1.82 bits per heavy atom. The second kappa shape index (κ2) is 4.09. The molecule has 0 aliphatic carbocycles. The van der Waals surface area contributed by atoms with Gasteiger partial charge >= 0.3 is 6.09 Å². The summed E-state index contributed by atoms with van der Waals surface area (Å²) in [6, 6.07) is 0. The maximum absolute atomic E-state index is 10.3. The van der Waals surface area contributed by atoms with Crippen LogP contribution in [0.5, 0.6) is 0 Å². The number of hydrogen-bond acceptors (Lipinski definition) is 2. The molecule has 1 amide bonds. The molecule has 0 fully saturated rings. The Hall–Kier alpha value is -0.880. The zero-order valence-corrected chi connectivity index (χ0v) is 7.23. The minimum absolute atomic E-state index is 0.551. The number of carbonyl (C=O) groups is 1. The van der Waals surface area contributed by atoms with Gasteiger partial charge in [0.2, 0.25) is 0 Å². The molecule has 1 unspecified atom stereocenters. The Bertz CT molecular complexity index is 206. The van der Waals surface area contributed by atoms with Crippen LogP contribution in [-0.4, -0.2) is 11.7 Å². The van der Waals surface area contributed by atoms with Crippen LogP contribution in [0.4, 0.5) is 4.79 Å². The molecule has 0 aliphatic heterocycles. The fourth-order valence-electron chi connectivity index (χ4n) is 0.508. The third-order valence-corrected chi connectivity index (χ3v) is 1.41. The molecule has 0 radical (unpaired) electrons. The van der Waals surface area contributed by atoms with Crippen molar-refractivity contribution in [3.8, 4) is 11.3 Å². The van der Waals surface area contributed by atoms with Crippen LogP contribution in [0.3, 0.4) is 0 Å². The molecule has 0 saturated carbocycles. The molecule has 0 spiro atoms. The van der Waals surface area contributed by atoms with Crippen LogP contribution >= 0.6 is 11.6 Å². The van der Waals surface area contributed by atoms with E-state index in [9.17, 15) is 4.79 Å². The number of hydrogen-bond donors (Lipinski definition) is 1. The molecule has 4 heteroatoms. The van der Waals surface area contributed by atoms with Crippen LogP contribution < -0.4 is 5.73 Å². The van der Waals surface area contributed by atoms with E-state index in [1.807, 2.05) is 6.92 Å². The predicted molar refractivity (Wildman–Crippen MR) is 43.0 cm³/mol. The van der Waals surface area contributed by atoms with E-state index in [0.29, 0.717) is 6.42 Å². The lowest BCUT2D eigenvalue weighted by Gasteiger charge is -2.20. The molecule has 0 rings (SSSR count). The van der Waals surface area contributed by atoms with E-state index in [4.69, 9.17) is 22.1 Å². The molecule has 62 valence electrons. The first-order valence-corrected chi connectivity index (χ1v) is 3.53. The third kappa shape index (κ3) is 3.74. The summed E-state index contributed by atoms with van der Waals surface area (Å²) in [7, 11) is 0. The van der Waals surface area contributed by atoms with Crippen molar-refractivity contribution in [1.82, 2.24) is 0 Å². The molecule has 11 heavy (non-hydrogen) atoms. The predicted octanol–water partition coefficient (Wildman–Crippen LogP) is 1.45. The van der Waals surface area contributed by atoms with Crippen LogP contribution in [0.15, 0.2) is 0 Å². The van der Waals surface area contributed by atoms with Gasteiger partial charge in [0.1, 0.15) is 0 Å². The second-order valence-corrected chi connectivity index (χ2v) is 2.41. The average Bonchev–Trinajstić information content (AvgIpc) is 1.87. The first kappa shape index (κ1) is 10.1.